The van der Waals surface area contributed by atoms with E-state index in [0.717, 1.165) is 11.1 Å². The van der Waals surface area contributed by atoms with Crippen molar-refractivity contribution >= 4 is 40.5 Å². The van der Waals surface area contributed by atoms with Crippen molar-refractivity contribution in [1.29, 1.82) is 0 Å². The maximum atomic E-state index is 12.2. The van der Waals surface area contributed by atoms with E-state index in [1.54, 1.807) is 43.5 Å². The Kier molecular flexibility index (Phi) is 6.64. The second kappa shape index (κ2) is 9.36. The van der Waals surface area contributed by atoms with E-state index in [1.165, 1.54) is 29.5 Å². The maximum Gasteiger partial charge on any atom is 0.269 e. The first-order valence-electron chi connectivity index (χ1n) is 8.48. The Morgan fingerprint density at radius 2 is 1.93 bits per heavy atom. The molecule has 3 aromatic rings. The van der Waals surface area contributed by atoms with Crippen LogP contribution in [-0.4, -0.2) is 17.8 Å². The molecule has 0 spiro atoms. The van der Waals surface area contributed by atoms with E-state index in [4.69, 9.17) is 21.1 Å². The van der Waals surface area contributed by atoms with Crippen LogP contribution in [0.5, 0.6) is 11.5 Å². The summed E-state index contributed by atoms with van der Waals surface area (Å²) in [5.41, 5.74) is 1.59. The minimum Gasteiger partial charge on any atom is -0.496 e. The van der Waals surface area contributed by atoms with Gasteiger partial charge in [-0.2, -0.15) is 0 Å². The number of carbonyl (C=O) groups is 1. The Hall–Kier alpha value is -3.16. The first kappa shape index (κ1) is 20.6. The topological polar surface area (TPSA) is 78.7 Å². The summed E-state index contributed by atoms with van der Waals surface area (Å²) >= 11 is 7.10. The predicted molar refractivity (Wildman–Crippen MR) is 113 cm³/mol. The van der Waals surface area contributed by atoms with Gasteiger partial charge in [0.25, 0.3) is 5.69 Å². The van der Waals surface area contributed by atoms with Gasteiger partial charge in [-0.05, 0) is 48.0 Å². The maximum absolute atomic E-state index is 12.2. The lowest BCUT2D eigenvalue weighted by molar-refractivity contribution is -0.384. The van der Waals surface area contributed by atoms with Crippen LogP contribution in [-0.2, 0) is 6.61 Å². The van der Waals surface area contributed by atoms with Crippen LogP contribution in [0.25, 0.3) is 6.08 Å². The number of halogens is 1. The summed E-state index contributed by atoms with van der Waals surface area (Å²) in [7, 11) is 1.56. The lowest BCUT2D eigenvalue weighted by atomic mass is 10.1. The molecule has 2 aromatic carbocycles. The van der Waals surface area contributed by atoms with Gasteiger partial charge in [0.1, 0.15) is 18.1 Å². The van der Waals surface area contributed by atoms with Crippen LogP contribution in [0.15, 0.2) is 60.7 Å². The number of rotatable bonds is 8. The Morgan fingerprint density at radius 3 is 2.55 bits per heavy atom. The average Bonchev–Trinajstić information content (AvgIpc) is 3.17. The van der Waals surface area contributed by atoms with Crippen LogP contribution in [0, 0.1) is 10.1 Å². The van der Waals surface area contributed by atoms with Crippen molar-refractivity contribution in [3.05, 3.63) is 91.1 Å². The Bertz CT molecular complexity index is 1060. The van der Waals surface area contributed by atoms with Crippen molar-refractivity contribution in [2.75, 3.05) is 7.11 Å². The number of thiophene rings is 1. The standard InChI is InChI=1S/C21H16ClNO5S/c1-27-19-9-3-14(2-8-18(24)20-10-11-21(22)29-20)12-15(19)13-28-17-6-4-16(5-7-17)23(25)26/h2-12H,13H2,1H3/b8-2+. The summed E-state index contributed by atoms with van der Waals surface area (Å²) in [6.07, 6.45) is 3.20. The molecule has 0 unspecified atom stereocenters. The van der Waals surface area contributed by atoms with Gasteiger partial charge in [0.15, 0.2) is 5.78 Å². The Morgan fingerprint density at radius 1 is 1.17 bits per heavy atom. The summed E-state index contributed by atoms with van der Waals surface area (Å²) in [5.74, 6) is 1.02. The number of methoxy groups -OCH3 is 1. The predicted octanol–water partition coefficient (Wildman–Crippen LogP) is 5.79. The molecule has 0 saturated carbocycles. The van der Waals surface area contributed by atoms with Gasteiger partial charge >= 0.3 is 0 Å². The van der Waals surface area contributed by atoms with Crippen molar-refractivity contribution in [1.82, 2.24) is 0 Å². The third-order valence-corrected chi connectivity index (χ3v) is 5.24. The molecule has 1 aromatic heterocycles. The molecule has 1 heterocycles. The third kappa shape index (κ3) is 5.43. The van der Waals surface area contributed by atoms with E-state index in [2.05, 4.69) is 0 Å². The number of nitro groups is 1. The van der Waals surface area contributed by atoms with E-state index in [9.17, 15) is 14.9 Å². The zero-order chi connectivity index (χ0) is 20.8. The zero-order valence-electron chi connectivity index (χ0n) is 15.3. The van der Waals surface area contributed by atoms with Crippen LogP contribution >= 0.6 is 22.9 Å². The minimum atomic E-state index is -0.464. The van der Waals surface area contributed by atoms with E-state index in [-0.39, 0.29) is 18.1 Å². The highest BCUT2D eigenvalue weighted by atomic mass is 35.5. The first-order valence-corrected chi connectivity index (χ1v) is 9.67. The summed E-state index contributed by atoms with van der Waals surface area (Å²) in [6, 6.07) is 14.7. The number of nitrogens with zero attached hydrogens (tertiary/aromatic N) is 1. The number of hydrogen-bond donors (Lipinski definition) is 0. The van der Waals surface area contributed by atoms with Gasteiger partial charge in [0, 0.05) is 17.7 Å². The fraction of sp³-hybridized carbons (Fsp3) is 0.0952. The van der Waals surface area contributed by atoms with Crippen LogP contribution in [0.4, 0.5) is 5.69 Å². The molecule has 0 fully saturated rings. The molecule has 0 radical (unpaired) electrons. The quantitative estimate of drug-likeness (QED) is 0.196. The van der Waals surface area contributed by atoms with Crippen molar-refractivity contribution in [2.24, 2.45) is 0 Å². The number of carbonyl (C=O) groups excluding carboxylic acids is 1. The van der Waals surface area contributed by atoms with Crippen LogP contribution in [0.3, 0.4) is 0 Å². The highest BCUT2D eigenvalue weighted by Gasteiger charge is 2.09. The second-order valence-electron chi connectivity index (χ2n) is 5.91. The molecular weight excluding hydrogens is 414 g/mol. The van der Waals surface area contributed by atoms with Crippen molar-refractivity contribution < 1.29 is 19.2 Å². The van der Waals surface area contributed by atoms with Crippen molar-refractivity contribution in [3.8, 4) is 11.5 Å². The van der Waals surface area contributed by atoms with Gasteiger partial charge in [-0.25, -0.2) is 0 Å². The second-order valence-corrected chi connectivity index (χ2v) is 7.63. The van der Waals surface area contributed by atoms with Crippen molar-refractivity contribution in [2.45, 2.75) is 6.61 Å². The highest BCUT2D eigenvalue weighted by molar-refractivity contribution is 7.18. The number of nitro benzene ring substituents is 1. The third-order valence-electron chi connectivity index (χ3n) is 3.99. The normalized spacial score (nSPS) is 10.8. The molecule has 0 aliphatic heterocycles. The number of allylic oxidation sites excluding steroid dienone is 1. The van der Waals surface area contributed by atoms with Gasteiger partial charge in [-0.15, -0.1) is 11.3 Å². The molecule has 0 atom stereocenters. The minimum absolute atomic E-state index is 0.00115. The number of ketones is 1. The average molecular weight is 430 g/mol. The van der Waals surface area contributed by atoms with Crippen molar-refractivity contribution in [3.63, 3.8) is 0 Å². The number of ether oxygens (including phenoxy) is 2. The Labute approximate surface area is 176 Å². The van der Waals surface area contributed by atoms with Crippen LogP contribution in [0.1, 0.15) is 20.8 Å². The summed E-state index contributed by atoms with van der Waals surface area (Å²) in [5, 5.41) is 10.7. The largest absolute Gasteiger partial charge is 0.496 e. The molecule has 0 bridgehead atoms. The Balaban J connectivity index is 1.72. The molecule has 0 saturated heterocycles. The molecule has 29 heavy (non-hydrogen) atoms. The van der Waals surface area contributed by atoms with Crippen LogP contribution in [0.2, 0.25) is 4.34 Å². The summed E-state index contributed by atoms with van der Waals surface area (Å²) < 4.78 is 11.6. The molecule has 0 aliphatic rings. The molecule has 0 N–H and O–H groups in total. The fourth-order valence-electron chi connectivity index (χ4n) is 2.54. The van der Waals surface area contributed by atoms with E-state index >= 15 is 0 Å². The van der Waals surface area contributed by atoms with Gasteiger partial charge in [-0.1, -0.05) is 23.7 Å². The SMILES string of the molecule is COc1ccc(/C=C/C(=O)c2ccc(Cl)s2)cc1COc1ccc([N+](=O)[O-])cc1. The highest BCUT2D eigenvalue weighted by Crippen LogP contribution is 2.25. The number of hydrogen-bond acceptors (Lipinski definition) is 6. The van der Waals surface area contributed by atoms with Crippen LogP contribution < -0.4 is 9.47 Å². The molecular formula is C21H16ClNO5S. The van der Waals surface area contributed by atoms with E-state index < -0.39 is 4.92 Å². The fourth-order valence-corrected chi connectivity index (χ4v) is 3.50. The molecule has 0 aliphatic carbocycles. The van der Waals surface area contributed by atoms with Gasteiger partial charge in [-0.3, -0.25) is 14.9 Å². The monoisotopic (exact) mass is 429 g/mol. The lowest BCUT2D eigenvalue weighted by Crippen LogP contribution is -1.99. The van der Waals surface area contributed by atoms with E-state index in [1.807, 2.05) is 12.1 Å². The summed E-state index contributed by atoms with van der Waals surface area (Å²) in [4.78, 5) is 23.0. The molecule has 3 rings (SSSR count). The molecule has 8 heteroatoms. The van der Waals surface area contributed by atoms with E-state index in [0.29, 0.717) is 20.7 Å². The first-order chi connectivity index (χ1) is 14.0. The van der Waals surface area contributed by atoms with Gasteiger partial charge in [0.05, 0.1) is 21.2 Å². The zero-order valence-corrected chi connectivity index (χ0v) is 16.9. The van der Waals surface area contributed by atoms with Gasteiger partial charge in [0.2, 0.25) is 0 Å². The molecule has 6 nitrogen and oxygen atoms in total. The molecule has 148 valence electrons. The smallest absolute Gasteiger partial charge is 0.269 e. The molecule has 0 amide bonds. The number of non-ortho nitro benzene ring substituents is 1. The summed E-state index contributed by atoms with van der Waals surface area (Å²) in [6.45, 7) is 0.205. The number of benzene rings is 2. The van der Waals surface area contributed by atoms with Gasteiger partial charge < -0.3 is 9.47 Å². The lowest BCUT2D eigenvalue weighted by Gasteiger charge is -2.11.